The molecule has 2 aromatic rings. The average molecular weight is 491 g/mol. The number of nitro benzene ring substituents is 1. The number of ether oxygens (including phenoxy) is 4. The van der Waals surface area contributed by atoms with Crippen LogP contribution < -0.4 is 4.74 Å². The van der Waals surface area contributed by atoms with Crippen molar-refractivity contribution in [3.05, 3.63) is 81.0 Å². The highest BCUT2D eigenvalue weighted by molar-refractivity contribution is 6.00. The topological polar surface area (TPSA) is 130 Å². The van der Waals surface area contributed by atoms with Gasteiger partial charge in [0, 0.05) is 25.3 Å². The lowest BCUT2D eigenvalue weighted by Gasteiger charge is -2.35. The molecule has 0 saturated carbocycles. The molecule has 0 radical (unpaired) electrons. The average Bonchev–Trinajstić information content (AvgIpc) is 2.82. The Morgan fingerprint density at radius 1 is 1.09 bits per heavy atom. The van der Waals surface area contributed by atoms with Gasteiger partial charge in [-0.15, -0.1) is 0 Å². The standard InChI is InChI=1S/C22H19F2N3O8/c1-32-11-17-18(20(28)33-2)19(12-8-13(23)10-14(24)9-12)26(21(25-17)34-3)22(29)35-16-6-4-15(5-7-16)27(30)31/h4-10,19H,11H2,1-3H3. The molecule has 1 aliphatic rings. The quantitative estimate of drug-likeness (QED) is 0.341. The molecule has 1 atom stereocenters. The largest absolute Gasteiger partial charge is 0.468 e. The van der Waals surface area contributed by atoms with E-state index in [9.17, 15) is 28.5 Å². The number of amidine groups is 1. The Morgan fingerprint density at radius 2 is 1.71 bits per heavy atom. The van der Waals surface area contributed by atoms with Crippen molar-refractivity contribution < 1.29 is 42.2 Å². The molecule has 0 N–H and O–H groups in total. The number of esters is 1. The first-order valence-corrected chi connectivity index (χ1v) is 9.84. The molecule has 1 amide bonds. The van der Waals surface area contributed by atoms with Gasteiger partial charge < -0.3 is 18.9 Å². The number of carbonyl (C=O) groups excluding carboxylic acids is 2. The van der Waals surface area contributed by atoms with Crippen LogP contribution in [-0.4, -0.2) is 55.8 Å². The third-order valence-corrected chi connectivity index (χ3v) is 4.80. The predicted octanol–water partition coefficient (Wildman–Crippen LogP) is 3.50. The third-order valence-electron chi connectivity index (χ3n) is 4.80. The first-order chi connectivity index (χ1) is 16.7. The van der Waals surface area contributed by atoms with Crippen LogP contribution in [-0.2, 0) is 19.0 Å². The number of hydrogen-bond acceptors (Lipinski definition) is 9. The molecule has 0 fully saturated rings. The van der Waals surface area contributed by atoms with Crippen molar-refractivity contribution in [1.29, 1.82) is 0 Å². The molecule has 35 heavy (non-hydrogen) atoms. The molecule has 13 heteroatoms. The van der Waals surface area contributed by atoms with Gasteiger partial charge in [-0.2, -0.15) is 4.99 Å². The zero-order chi connectivity index (χ0) is 25.7. The lowest BCUT2D eigenvalue weighted by Crippen LogP contribution is -2.47. The van der Waals surface area contributed by atoms with Crippen molar-refractivity contribution in [3.63, 3.8) is 0 Å². The number of carbonyl (C=O) groups is 2. The second-order valence-corrected chi connectivity index (χ2v) is 6.98. The van der Waals surface area contributed by atoms with Crippen molar-refractivity contribution in [2.75, 3.05) is 27.9 Å². The van der Waals surface area contributed by atoms with Crippen LogP contribution >= 0.6 is 0 Å². The number of benzene rings is 2. The van der Waals surface area contributed by atoms with E-state index in [4.69, 9.17) is 18.9 Å². The molecule has 0 bridgehead atoms. The molecule has 1 unspecified atom stereocenters. The Balaban J connectivity index is 2.15. The van der Waals surface area contributed by atoms with E-state index >= 15 is 0 Å². The maximum atomic E-state index is 14.1. The molecule has 184 valence electrons. The van der Waals surface area contributed by atoms with E-state index in [0.717, 1.165) is 36.3 Å². The van der Waals surface area contributed by atoms with Gasteiger partial charge in [0.1, 0.15) is 23.4 Å². The van der Waals surface area contributed by atoms with Gasteiger partial charge in [-0.1, -0.05) is 0 Å². The fraction of sp³-hybridized carbons (Fsp3) is 0.227. The maximum Gasteiger partial charge on any atom is 0.424 e. The van der Waals surface area contributed by atoms with Gasteiger partial charge in [-0.05, 0) is 29.8 Å². The number of methoxy groups -OCH3 is 3. The van der Waals surface area contributed by atoms with Gasteiger partial charge in [0.2, 0.25) is 0 Å². The number of halogens is 2. The molecule has 3 rings (SSSR count). The number of aliphatic imine (C=N–C) groups is 1. The first-order valence-electron chi connectivity index (χ1n) is 9.84. The number of nitro groups is 1. The molecule has 0 saturated heterocycles. The molecule has 0 aliphatic carbocycles. The number of non-ortho nitro benzene ring substituents is 1. The minimum Gasteiger partial charge on any atom is -0.468 e. The summed E-state index contributed by atoms with van der Waals surface area (Å²) in [6, 6.07) is 5.18. The van der Waals surface area contributed by atoms with Gasteiger partial charge in [0.15, 0.2) is 0 Å². The molecular weight excluding hydrogens is 472 g/mol. The van der Waals surface area contributed by atoms with E-state index in [-0.39, 0.29) is 40.9 Å². The summed E-state index contributed by atoms with van der Waals surface area (Å²) in [7, 11) is 3.59. The zero-order valence-corrected chi connectivity index (χ0v) is 18.7. The van der Waals surface area contributed by atoms with Crippen molar-refractivity contribution in [3.8, 4) is 5.75 Å². The smallest absolute Gasteiger partial charge is 0.424 e. The van der Waals surface area contributed by atoms with Crippen molar-refractivity contribution in [2.45, 2.75) is 6.04 Å². The molecule has 1 aliphatic heterocycles. The summed E-state index contributed by atoms with van der Waals surface area (Å²) in [5.41, 5.74) is -0.650. The Labute approximate surface area is 197 Å². The monoisotopic (exact) mass is 491 g/mol. The zero-order valence-electron chi connectivity index (χ0n) is 18.7. The molecular formula is C22H19F2N3O8. The second-order valence-electron chi connectivity index (χ2n) is 6.98. The fourth-order valence-electron chi connectivity index (χ4n) is 3.38. The summed E-state index contributed by atoms with van der Waals surface area (Å²) in [6.45, 7) is -0.225. The van der Waals surface area contributed by atoms with Gasteiger partial charge in [0.25, 0.3) is 5.69 Å². The fourth-order valence-corrected chi connectivity index (χ4v) is 3.38. The van der Waals surface area contributed by atoms with Crippen LogP contribution in [0.15, 0.2) is 58.7 Å². The highest BCUT2D eigenvalue weighted by Crippen LogP contribution is 2.37. The van der Waals surface area contributed by atoms with E-state index in [2.05, 4.69) is 4.99 Å². The minimum atomic E-state index is -1.49. The molecule has 2 aromatic carbocycles. The number of nitrogens with zero attached hydrogens (tertiary/aromatic N) is 3. The Kier molecular flexibility index (Phi) is 7.71. The van der Waals surface area contributed by atoms with E-state index in [1.54, 1.807) is 0 Å². The van der Waals surface area contributed by atoms with Gasteiger partial charge in [0.05, 0.1) is 37.0 Å². The lowest BCUT2D eigenvalue weighted by atomic mass is 9.94. The summed E-state index contributed by atoms with van der Waals surface area (Å²) >= 11 is 0. The van der Waals surface area contributed by atoms with E-state index in [1.807, 2.05) is 0 Å². The van der Waals surface area contributed by atoms with Crippen molar-refractivity contribution >= 4 is 23.8 Å². The second kappa shape index (κ2) is 10.7. The van der Waals surface area contributed by atoms with Crippen LogP contribution in [0.2, 0.25) is 0 Å². The predicted molar refractivity (Wildman–Crippen MR) is 115 cm³/mol. The molecule has 0 aromatic heterocycles. The Hall–Kier alpha value is -4.39. The molecule has 11 nitrogen and oxygen atoms in total. The maximum absolute atomic E-state index is 14.1. The van der Waals surface area contributed by atoms with Crippen molar-refractivity contribution in [2.24, 2.45) is 4.99 Å². The number of hydrogen-bond donors (Lipinski definition) is 0. The summed E-state index contributed by atoms with van der Waals surface area (Å²) in [5, 5.41) is 10.9. The van der Waals surface area contributed by atoms with Crippen LogP contribution in [0, 0.1) is 21.7 Å². The lowest BCUT2D eigenvalue weighted by molar-refractivity contribution is -0.384. The summed E-state index contributed by atoms with van der Waals surface area (Å²) < 4.78 is 48.7. The van der Waals surface area contributed by atoms with Crippen LogP contribution in [0.4, 0.5) is 19.3 Å². The van der Waals surface area contributed by atoms with E-state index < -0.39 is 34.7 Å². The Morgan fingerprint density at radius 3 is 2.23 bits per heavy atom. The third kappa shape index (κ3) is 5.41. The van der Waals surface area contributed by atoms with Crippen molar-refractivity contribution in [1.82, 2.24) is 4.90 Å². The van der Waals surface area contributed by atoms with Crippen LogP contribution in [0.1, 0.15) is 11.6 Å². The van der Waals surface area contributed by atoms with E-state index in [0.29, 0.717) is 6.07 Å². The highest BCUT2D eigenvalue weighted by Gasteiger charge is 2.43. The highest BCUT2D eigenvalue weighted by atomic mass is 19.1. The summed E-state index contributed by atoms with van der Waals surface area (Å²) in [6.07, 6.45) is -1.16. The number of rotatable bonds is 6. The van der Waals surface area contributed by atoms with Gasteiger partial charge in [-0.25, -0.2) is 23.3 Å². The summed E-state index contributed by atoms with van der Waals surface area (Å²) in [4.78, 5) is 41.1. The Bertz CT molecular complexity index is 1190. The molecule has 1 heterocycles. The normalized spacial score (nSPS) is 15.4. The van der Waals surface area contributed by atoms with E-state index in [1.165, 1.54) is 26.4 Å². The van der Waals surface area contributed by atoms with Gasteiger partial charge in [-0.3, -0.25) is 10.1 Å². The SMILES string of the molecule is COCC1=C(C(=O)OC)C(c2cc(F)cc(F)c2)N(C(=O)Oc2ccc([N+](=O)[O-])cc2)C(OC)=N1. The minimum absolute atomic E-state index is 0.00902. The van der Waals surface area contributed by atoms with Crippen LogP contribution in [0.5, 0.6) is 5.75 Å². The summed E-state index contributed by atoms with van der Waals surface area (Å²) in [5.74, 6) is -2.98. The number of amides is 1. The van der Waals surface area contributed by atoms with Crippen LogP contribution in [0.3, 0.4) is 0 Å². The van der Waals surface area contributed by atoms with Crippen LogP contribution in [0.25, 0.3) is 0 Å². The molecule has 0 spiro atoms. The first kappa shape index (κ1) is 25.2. The van der Waals surface area contributed by atoms with Gasteiger partial charge >= 0.3 is 18.1 Å².